The Balaban J connectivity index is 1.68. The number of hydrogen-bond acceptors (Lipinski definition) is 2. The minimum absolute atomic E-state index is 0.412. The van der Waals surface area contributed by atoms with E-state index in [0.717, 1.165) is 5.56 Å². The second kappa shape index (κ2) is 5.72. The number of benzene rings is 2. The van der Waals surface area contributed by atoms with E-state index in [-0.39, 0.29) is 0 Å². The maximum Gasteiger partial charge on any atom is 0.0914 e. The molecule has 1 atom stereocenters. The van der Waals surface area contributed by atoms with Crippen molar-refractivity contribution in [2.45, 2.75) is 37.8 Å². The van der Waals surface area contributed by atoms with Gasteiger partial charge in [-0.2, -0.15) is 0 Å². The molecule has 1 fully saturated rings. The Bertz CT molecular complexity index is 546. The highest BCUT2D eigenvalue weighted by Crippen LogP contribution is 2.22. The highest BCUT2D eigenvalue weighted by Gasteiger charge is 2.16. The van der Waals surface area contributed by atoms with Crippen molar-refractivity contribution in [3.63, 3.8) is 0 Å². The fourth-order valence-corrected chi connectivity index (χ4v) is 2.94. The summed E-state index contributed by atoms with van der Waals surface area (Å²) in [5.41, 5.74) is 1.00. The number of rotatable bonds is 4. The normalized spacial score (nSPS) is 17.9. The van der Waals surface area contributed by atoms with Crippen LogP contribution in [0.4, 0.5) is 0 Å². The van der Waals surface area contributed by atoms with Gasteiger partial charge in [0.15, 0.2) is 0 Å². The quantitative estimate of drug-likeness (QED) is 0.877. The molecule has 100 valence electrons. The molecule has 19 heavy (non-hydrogen) atoms. The van der Waals surface area contributed by atoms with E-state index < -0.39 is 6.10 Å². The van der Waals surface area contributed by atoms with E-state index in [1.807, 2.05) is 18.2 Å². The van der Waals surface area contributed by atoms with Crippen LogP contribution in [0, 0.1) is 0 Å². The summed E-state index contributed by atoms with van der Waals surface area (Å²) in [5, 5.41) is 16.2. The van der Waals surface area contributed by atoms with Crippen LogP contribution in [0.2, 0.25) is 0 Å². The molecule has 0 aliphatic heterocycles. The van der Waals surface area contributed by atoms with Crippen LogP contribution >= 0.6 is 0 Å². The predicted molar refractivity (Wildman–Crippen MR) is 79.2 cm³/mol. The van der Waals surface area contributed by atoms with Crippen LogP contribution in [0.5, 0.6) is 0 Å². The molecule has 0 saturated heterocycles. The van der Waals surface area contributed by atoms with Gasteiger partial charge in [-0.1, -0.05) is 49.2 Å². The van der Waals surface area contributed by atoms with Crippen LogP contribution in [0.1, 0.15) is 37.4 Å². The molecule has 0 bridgehead atoms. The molecule has 0 amide bonds. The summed E-state index contributed by atoms with van der Waals surface area (Å²) in [7, 11) is 0. The van der Waals surface area contributed by atoms with E-state index in [2.05, 4.69) is 29.6 Å². The molecule has 1 saturated carbocycles. The topological polar surface area (TPSA) is 32.3 Å². The third-order valence-corrected chi connectivity index (χ3v) is 4.11. The van der Waals surface area contributed by atoms with Crippen LogP contribution in [0.15, 0.2) is 42.5 Å². The first-order valence-corrected chi connectivity index (χ1v) is 7.23. The summed E-state index contributed by atoms with van der Waals surface area (Å²) in [5.74, 6) is 0. The van der Waals surface area contributed by atoms with Gasteiger partial charge in [-0.25, -0.2) is 0 Å². The second-order valence-electron chi connectivity index (χ2n) is 5.51. The lowest BCUT2D eigenvalue weighted by atomic mass is 10.0. The van der Waals surface area contributed by atoms with Gasteiger partial charge in [-0.3, -0.25) is 0 Å². The molecule has 0 aromatic heterocycles. The van der Waals surface area contributed by atoms with Gasteiger partial charge in [-0.15, -0.1) is 0 Å². The van der Waals surface area contributed by atoms with Crippen molar-refractivity contribution < 1.29 is 5.11 Å². The van der Waals surface area contributed by atoms with Crippen molar-refractivity contribution in [1.82, 2.24) is 5.32 Å². The molecule has 0 radical (unpaired) electrons. The molecule has 2 N–H and O–H groups in total. The van der Waals surface area contributed by atoms with E-state index in [1.54, 1.807) is 0 Å². The van der Waals surface area contributed by atoms with Gasteiger partial charge in [0.2, 0.25) is 0 Å². The third kappa shape index (κ3) is 2.96. The van der Waals surface area contributed by atoms with Gasteiger partial charge in [0.05, 0.1) is 6.10 Å². The van der Waals surface area contributed by atoms with Crippen molar-refractivity contribution >= 4 is 10.8 Å². The first-order valence-electron chi connectivity index (χ1n) is 7.23. The number of aliphatic hydroxyl groups is 1. The zero-order chi connectivity index (χ0) is 13.1. The minimum atomic E-state index is -0.412. The molecular weight excluding hydrogens is 234 g/mol. The van der Waals surface area contributed by atoms with Crippen molar-refractivity contribution in [3.05, 3.63) is 48.0 Å². The molecule has 1 aliphatic rings. The molecule has 2 aromatic carbocycles. The maximum atomic E-state index is 10.3. The van der Waals surface area contributed by atoms with Crippen LogP contribution < -0.4 is 5.32 Å². The maximum absolute atomic E-state index is 10.3. The number of fused-ring (bicyclic) bond motifs is 1. The Kier molecular flexibility index (Phi) is 3.81. The molecule has 1 unspecified atom stereocenters. The molecule has 1 aliphatic carbocycles. The number of nitrogens with one attached hydrogen (secondary N) is 1. The van der Waals surface area contributed by atoms with Gasteiger partial charge in [0.25, 0.3) is 0 Å². The SMILES string of the molecule is OC(CNC1CCCC1)c1ccc2ccccc2c1. The fourth-order valence-electron chi connectivity index (χ4n) is 2.94. The van der Waals surface area contributed by atoms with E-state index in [1.165, 1.54) is 36.5 Å². The van der Waals surface area contributed by atoms with E-state index in [9.17, 15) is 5.11 Å². The first-order chi connectivity index (χ1) is 9.33. The average Bonchev–Trinajstić information content (AvgIpc) is 2.97. The summed E-state index contributed by atoms with van der Waals surface area (Å²) in [4.78, 5) is 0. The molecule has 3 rings (SSSR count). The summed E-state index contributed by atoms with van der Waals surface area (Å²) < 4.78 is 0. The lowest BCUT2D eigenvalue weighted by Crippen LogP contribution is -2.30. The molecular formula is C17H21NO. The molecule has 2 heteroatoms. The van der Waals surface area contributed by atoms with E-state index in [4.69, 9.17) is 0 Å². The molecule has 0 heterocycles. The van der Waals surface area contributed by atoms with Crippen LogP contribution in [-0.4, -0.2) is 17.7 Å². The fraction of sp³-hybridized carbons (Fsp3) is 0.412. The van der Waals surface area contributed by atoms with Crippen LogP contribution in [-0.2, 0) is 0 Å². The summed E-state index contributed by atoms with van der Waals surface area (Å²) in [6.07, 6.45) is 4.74. The average molecular weight is 255 g/mol. The highest BCUT2D eigenvalue weighted by atomic mass is 16.3. The second-order valence-corrected chi connectivity index (χ2v) is 5.51. The van der Waals surface area contributed by atoms with Crippen LogP contribution in [0.25, 0.3) is 10.8 Å². The molecule has 2 nitrogen and oxygen atoms in total. The Morgan fingerprint density at radius 3 is 2.58 bits per heavy atom. The van der Waals surface area contributed by atoms with Crippen molar-refractivity contribution in [2.75, 3.05) is 6.54 Å². The zero-order valence-electron chi connectivity index (χ0n) is 11.2. The summed E-state index contributed by atoms with van der Waals surface area (Å²) >= 11 is 0. The summed E-state index contributed by atoms with van der Waals surface area (Å²) in [6.45, 7) is 0.656. The van der Waals surface area contributed by atoms with Crippen molar-refractivity contribution in [1.29, 1.82) is 0 Å². The van der Waals surface area contributed by atoms with Crippen molar-refractivity contribution in [3.8, 4) is 0 Å². The van der Waals surface area contributed by atoms with Gasteiger partial charge in [0.1, 0.15) is 0 Å². The third-order valence-electron chi connectivity index (χ3n) is 4.11. The zero-order valence-corrected chi connectivity index (χ0v) is 11.2. The Labute approximate surface area is 114 Å². The van der Waals surface area contributed by atoms with Crippen LogP contribution in [0.3, 0.4) is 0 Å². The minimum Gasteiger partial charge on any atom is -0.387 e. The monoisotopic (exact) mass is 255 g/mol. The Morgan fingerprint density at radius 2 is 1.79 bits per heavy atom. The molecule has 2 aromatic rings. The smallest absolute Gasteiger partial charge is 0.0914 e. The van der Waals surface area contributed by atoms with E-state index in [0.29, 0.717) is 12.6 Å². The van der Waals surface area contributed by atoms with E-state index >= 15 is 0 Å². The van der Waals surface area contributed by atoms with Gasteiger partial charge in [-0.05, 0) is 35.2 Å². The van der Waals surface area contributed by atoms with Crippen molar-refractivity contribution in [2.24, 2.45) is 0 Å². The lowest BCUT2D eigenvalue weighted by Gasteiger charge is -2.16. The van der Waals surface area contributed by atoms with Gasteiger partial charge < -0.3 is 10.4 Å². The molecule has 0 spiro atoms. The highest BCUT2D eigenvalue weighted by molar-refractivity contribution is 5.83. The predicted octanol–water partition coefficient (Wildman–Crippen LogP) is 3.41. The Hall–Kier alpha value is -1.38. The van der Waals surface area contributed by atoms with Gasteiger partial charge >= 0.3 is 0 Å². The Morgan fingerprint density at radius 1 is 1.05 bits per heavy atom. The summed E-state index contributed by atoms with van der Waals surface area (Å²) in [6, 6.07) is 15.1. The largest absolute Gasteiger partial charge is 0.387 e. The number of aliphatic hydroxyl groups excluding tert-OH is 1. The lowest BCUT2D eigenvalue weighted by molar-refractivity contribution is 0.170. The first kappa shape index (κ1) is 12.6. The standard InChI is InChI=1S/C17H21NO/c19-17(12-18-16-7-3-4-8-16)15-10-9-13-5-1-2-6-14(13)11-15/h1-2,5-6,9-11,16-19H,3-4,7-8,12H2. The number of hydrogen-bond donors (Lipinski definition) is 2. The van der Waals surface area contributed by atoms with Gasteiger partial charge in [0, 0.05) is 12.6 Å².